The van der Waals surface area contributed by atoms with Gasteiger partial charge in [0.2, 0.25) is 5.78 Å². The fourth-order valence-corrected chi connectivity index (χ4v) is 3.05. The maximum Gasteiger partial charge on any atom is 0.222 e. The van der Waals surface area contributed by atoms with Gasteiger partial charge in [-0.2, -0.15) is 11.3 Å². The van der Waals surface area contributed by atoms with Gasteiger partial charge >= 0.3 is 0 Å². The zero-order valence-corrected chi connectivity index (χ0v) is 20.9. The van der Waals surface area contributed by atoms with Gasteiger partial charge in [0.15, 0.2) is 5.84 Å². The monoisotopic (exact) mass is 445 g/mol. The Morgan fingerprint density at radius 3 is 2.55 bits per heavy atom. The minimum absolute atomic E-state index is 0.129. The highest BCUT2D eigenvalue weighted by molar-refractivity contribution is 7.07. The Hall–Kier alpha value is -2.44. The van der Waals surface area contributed by atoms with Crippen molar-refractivity contribution in [3.05, 3.63) is 70.7 Å². The fourth-order valence-electron chi connectivity index (χ4n) is 2.38. The topological polar surface area (TPSA) is 64.9 Å². The summed E-state index contributed by atoms with van der Waals surface area (Å²) in [7, 11) is 3.84. The van der Waals surface area contributed by atoms with Gasteiger partial charge in [-0.15, -0.1) is 0 Å². The molecule has 1 aromatic heterocycles. The molecule has 0 aliphatic heterocycles. The van der Waals surface area contributed by atoms with E-state index in [2.05, 4.69) is 54.5 Å². The van der Waals surface area contributed by atoms with Gasteiger partial charge < -0.3 is 10.4 Å². The predicted molar refractivity (Wildman–Crippen MR) is 136 cm³/mol. The first kappa shape index (κ1) is 28.6. The lowest BCUT2D eigenvalue weighted by molar-refractivity contribution is -0.110. The Morgan fingerprint density at radius 2 is 2.06 bits per heavy atom. The molecule has 1 aromatic rings. The summed E-state index contributed by atoms with van der Waals surface area (Å²) in [4.78, 5) is 18.5. The summed E-state index contributed by atoms with van der Waals surface area (Å²) in [5, 5.41) is 16.5. The molecule has 2 N–H and O–H groups in total. The third-order valence-electron chi connectivity index (χ3n) is 3.77. The zero-order chi connectivity index (χ0) is 23.9. The molecule has 0 radical (unpaired) electrons. The van der Waals surface area contributed by atoms with Crippen LogP contribution >= 0.6 is 11.3 Å². The first-order valence-corrected chi connectivity index (χ1v) is 11.3. The molecule has 5 nitrogen and oxygen atoms in total. The van der Waals surface area contributed by atoms with E-state index in [1.165, 1.54) is 5.56 Å². The number of nitrogens with one attached hydrogen (secondary N) is 1. The molecule has 6 heteroatoms. The molecule has 1 rings (SSSR count). The fraction of sp³-hybridized carbons (Fsp3) is 0.440. The first-order valence-electron chi connectivity index (χ1n) is 10.4. The van der Waals surface area contributed by atoms with Crippen LogP contribution in [0.25, 0.3) is 0 Å². The van der Waals surface area contributed by atoms with Gasteiger partial charge in [-0.1, -0.05) is 31.7 Å². The van der Waals surface area contributed by atoms with Crippen molar-refractivity contribution < 1.29 is 9.90 Å². The largest absolute Gasteiger partial charge is 0.508 e. The van der Waals surface area contributed by atoms with Gasteiger partial charge in [-0.25, -0.2) is 4.99 Å². The standard InChI is InChI=1S/C16H25N3OS.C9H14O/c1-12(2)14(20)15(17-11-19(5)6)18-16(3,4)9-13-7-8-21-10-13;1-3-5-6-8-9(10)7-4-2/h7-8,10H,1,9,11H2,2-6H3,(H,17,18);4-8,10H,3H2,1-2H3/b;6-5+,7-4-,9-8+. The van der Waals surface area contributed by atoms with Crippen molar-refractivity contribution in [1.29, 1.82) is 0 Å². The molecule has 0 fully saturated rings. The van der Waals surface area contributed by atoms with E-state index in [1.807, 2.05) is 38.1 Å². The quantitative estimate of drug-likeness (QED) is 0.160. The third kappa shape index (κ3) is 14.2. The van der Waals surface area contributed by atoms with Crippen LogP contribution in [-0.4, -0.2) is 47.9 Å². The Labute approximate surface area is 192 Å². The molecule has 0 spiro atoms. The van der Waals surface area contributed by atoms with Gasteiger partial charge in [0.05, 0.1) is 6.67 Å². The Balaban J connectivity index is 0.000000759. The minimum Gasteiger partial charge on any atom is -0.508 e. The molecule has 0 aliphatic rings. The number of aliphatic imine (C=N–C) groups is 1. The molecule has 0 amide bonds. The van der Waals surface area contributed by atoms with Crippen LogP contribution in [0.1, 0.15) is 46.6 Å². The molecular formula is C25H39N3O2S. The van der Waals surface area contributed by atoms with E-state index in [1.54, 1.807) is 36.5 Å². The summed E-state index contributed by atoms with van der Waals surface area (Å²) in [6, 6.07) is 2.10. The average molecular weight is 446 g/mol. The Kier molecular flexibility index (Phi) is 14.2. The van der Waals surface area contributed by atoms with Gasteiger partial charge in [-0.05, 0) is 94.7 Å². The number of amidine groups is 1. The number of carbonyl (C=O) groups excluding carboxylic acids is 1. The van der Waals surface area contributed by atoms with E-state index >= 15 is 0 Å². The number of rotatable bonds is 10. The molecule has 0 atom stereocenters. The molecule has 0 saturated heterocycles. The number of allylic oxidation sites excluding steroid dienone is 5. The van der Waals surface area contributed by atoms with Crippen molar-refractivity contribution in [2.24, 2.45) is 4.99 Å². The Morgan fingerprint density at radius 1 is 1.39 bits per heavy atom. The van der Waals surface area contributed by atoms with Crippen LogP contribution in [0.4, 0.5) is 0 Å². The van der Waals surface area contributed by atoms with E-state index in [4.69, 9.17) is 5.11 Å². The number of carbonyl (C=O) groups is 1. The maximum absolute atomic E-state index is 12.2. The molecule has 0 bridgehead atoms. The van der Waals surface area contributed by atoms with Crippen LogP contribution in [0, 0.1) is 0 Å². The second kappa shape index (κ2) is 15.4. The summed E-state index contributed by atoms with van der Waals surface area (Å²) in [5.41, 5.74) is 1.50. The van der Waals surface area contributed by atoms with E-state index in [0.29, 0.717) is 23.8 Å². The molecule has 0 unspecified atom stereocenters. The number of aliphatic hydroxyl groups is 1. The molecule has 0 aromatic carbocycles. The summed E-state index contributed by atoms with van der Waals surface area (Å²) < 4.78 is 0. The molecule has 0 saturated carbocycles. The third-order valence-corrected chi connectivity index (χ3v) is 4.51. The van der Waals surface area contributed by atoms with Gasteiger partial charge in [0.25, 0.3) is 0 Å². The van der Waals surface area contributed by atoms with Crippen molar-refractivity contribution in [2.75, 3.05) is 20.8 Å². The SMILES string of the molecule is C=C(C)C(=O)/C(=N\CN(C)C)NC(C)(C)Cc1ccsc1.C\C=C/C(O)=C\C=C\CC. The minimum atomic E-state index is -0.253. The summed E-state index contributed by atoms with van der Waals surface area (Å²) in [6.07, 6.45) is 10.8. The summed E-state index contributed by atoms with van der Waals surface area (Å²) in [5.74, 6) is 0.555. The highest BCUT2D eigenvalue weighted by atomic mass is 32.1. The lowest BCUT2D eigenvalue weighted by Crippen LogP contribution is -2.48. The smallest absolute Gasteiger partial charge is 0.222 e. The zero-order valence-electron chi connectivity index (χ0n) is 20.1. The van der Waals surface area contributed by atoms with Crippen molar-refractivity contribution in [3.8, 4) is 0 Å². The van der Waals surface area contributed by atoms with E-state index in [9.17, 15) is 4.79 Å². The van der Waals surface area contributed by atoms with Crippen LogP contribution in [0.3, 0.4) is 0 Å². The maximum atomic E-state index is 12.2. The van der Waals surface area contributed by atoms with Crippen LogP contribution < -0.4 is 5.32 Å². The molecule has 0 aliphatic carbocycles. The summed E-state index contributed by atoms with van der Waals surface area (Å²) >= 11 is 1.68. The van der Waals surface area contributed by atoms with Crippen LogP contribution in [0.2, 0.25) is 0 Å². The number of hydrogen-bond acceptors (Lipinski definition) is 5. The second-order valence-corrected chi connectivity index (χ2v) is 8.86. The van der Waals surface area contributed by atoms with Crippen LogP contribution in [0.15, 0.2) is 70.1 Å². The van der Waals surface area contributed by atoms with E-state index < -0.39 is 0 Å². The molecule has 172 valence electrons. The number of aliphatic hydroxyl groups excluding tert-OH is 1. The van der Waals surface area contributed by atoms with Crippen molar-refractivity contribution in [3.63, 3.8) is 0 Å². The van der Waals surface area contributed by atoms with Gasteiger partial charge in [-0.3, -0.25) is 9.69 Å². The second-order valence-electron chi connectivity index (χ2n) is 8.08. The summed E-state index contributed by atoms with van der Waals surface area (Å²) in [6.45, 7) is 14.0. The van der Waals surface area contributed by atoms with Crippen molar-refractivity contribution in [2.45, 2.75) is 53.0 Å². The van der Waals surface area contributed by atoms with Gasteiger partial charge in [0.1, 0.15) is 5.76 Å². The molecular weight excluding hydrogens is 406 g/mol. The lowest BCUT2D eigenvalue weighted by atomic mass is 9.96. The van der Waals surface area contributed by atoms with Crippen LogP contribution in [-0.2, 0) is 11.2 Å². The highest BCUT2D eigenvalue weighted by Gasteiger charge is 2.23. The number of nitrogens with zero attached hydrogens (tertiary/aromatic N) is 2. The Bertz CT molecular complexity index is 786. The van der Waals surface area contributed by atoms with Crippen molar-refractivity contribution in [1.82, 2.24) is 10.2 Å². The van der Waals surface area contributed by atoms with Crippen LogP contribution in [0.5, 0.6) is 0 Å². The number of Topliss-reactive ketones (excluding diaryl/α,β-unsaturated/α-hetero) is 1. The van der Waals surface area contributed by atoms with E-state index in [0.717, 1.165) is 12.8 Å². The normalized spacial score (nSPS) is 12.9. The number of ketones is 1. The highest BCUT2D eigenvalue weighted by Crippen LogP contribution is 2.16. The van der Waals surface area contributed by atoms with Gasteiger partial charge in [0, 0.05) is 5.54 Å². The average Bonchev–Trinajstić information content (AvgIpc) is 3.17. The predicted octanol–water partition coefficient (Wildman–Crippen LogP) is 5.69. The van der Waals surface area contributed by atoms with E-state index in [-0.39, 0.29) is 11.3 Å². The molecule has 1 heterocycles. The molecule has 31 heavy (non-hydrogen) atoms. The number of hydrogen-bond donors (Lipinski definition) is 2. The lowest BCUT2D eigenvalue weighted by Gasteiger charge is -2.28. The number of thiophene rings is 1. The van der Waals surface area contributed by atoms with Crippen molar-refractivity contribution >= 4 is 23.0 Å². The first-order chi connectivity index (χ1) is 14.5.